The summed E-state index contributed by atoms with van der Waals surface area (Å²) in [4.78, 5) is 28.9. The molecule has 0 N–H and O–H groups in total. The summed E-state index contributed by atoms with van der Waals surface area (Å²) in [5.74, 6) is 1.31. The van der Waals surface area contributed by atoms with Crippen LogP contribution in [0.4, 0.5) is 0 Å². The number of carbonyl (C=O) groups is 2. The molecule has 0 atom stereocenters. The van der Waals surface area contributed by atoms with E-state index in [1.807, 2.05) is 42.5 Å². The van der Waals surface area contributed by atoms with Crippen LogP contribution in [0.3, 0.4) is 0 Å². The number of ether oxygens (including phenoxy) is 2. The second-order valence-electron chi connectivity index (χ2n) is 9.26. The molecule has 0 aromatic heterocycles. The van der Waals surface area contributed by atoms with Gasteiger partial charge in [0.05, 0.1) is 0 Å². The standard InChI is InChI=1S/C26H34N2O4/c1-20-11-12-23(22(17-20)26(2,3)4)32-19-25(30)28-14-8-13-27(15-16-28)24(29)18-31-21-9-6-5-7-10-21/h5-7,9-12,17H,8,13-16,18-19H2,1-4H3. The van der Waals surface area contributed by atoms with Crippen molar-refractivity contribution in [2.24, 2.45) is 0 Å². The van der Waals surface area contributed by atoms with Crippen molar-refractivity contribution in [2.75, 3.05) is 39.4 Å². The first-order valence-electron chi connectivity index (χ1n) is 11.2. The SMILES string of the molecule is Cc1ccc(OCC(=O)N2CCCN(C(=O)COc3ccccc3)CC2)c(C(C)(C)C)c1. The number of nitrogens with zero attached hydrogens (tertiary/aromatic N) is 2. The van der Waals surface area contributed by atoms with Gasteiger partial charge in [-0.25, -0.2) is 0 Å². The number of amides is 2. The molecule has 2 aromatic carbocycles. The van der Waals surface area contributed by atoms with Gasteiger partial charge in [0.15, 0.2) is 13.2 Å². The highest BCUT2D eigenvalue weighted by Gasteiger charge is 2.24. The van der Waals surface area contributed by atoms with Crippen molar-refractivity contribution >= 4 is 11.8 Å². The van der Waals surface area contributed by atoms with Crippen molar-refractivity contribution in [3.05, 3.63) is 59.7 Å². The summed E-state index contributed by atoms with van der Waals surface area (Å²) in [6, 6.07) is 15.4. The average molecular weight is 439 g/mol. The van der Waals surface area contributed by atoms with E-state index in [4.69, 9.17) is 9.47 Å². The molecule has 1 fully saturated rings. The van der Waals surface area contributed by atoms with Crippen LogP contribution in [-0.2, 0) is 15.0 Å². The first-order chi connectivity index (χ1) is 15.2. The minimum Gasteiger partial charge on any atom is -0.484 e. The maximum absolute atomic E-state index is 12.8. The topological polar surface area (TPSA) is 59.1 Å². The Labute approximate surface area is 191 Å². The van der Waals surface area contributed by atoms with Crippen LogP contribution in [0.2, 0.25) is 0 Å². The molecule has 2 aromatic rings. The summed E-state index contributed by atoms with van der Waals surface area (Å²) in [5.41, 5.74) is 2.19. The van der Waals surface area contributed by atoms with Gasteiger partial charge in [-0.2, -0.15) is 0 Å². The van der Waals surface area contributed by atoms with Gasteiger partial charge >= 0.3 is 0 Å². The second kappa shape index (κ2) is 10.5. The molecule has 1 aliphatic rings. The predicted molar refractivity (Wildman–Crippen MR) is 125 cm³/mol. The van der Waals surface area contributed by atoms with Crippen molar-refractivity contribution in [2.45, 2.75) is 39.5 Å². The molecule has 0 aliphatic carbocycles. The van der Waals surface area contributed by atoms with Gasteiger partial charge in [-0.1, -0.05) is 56.7 Å². The molecule has 6 nitrogen and oxygen atoms in total. The van der Waals surface area contributed by atoms with Crippen molar-refractivity contribution in [3.8, 4) is 11.5 Å². The lowest BCUT2D eigenvalue weighted by atomic mass is 9.85. The highest BCUT2D eigenvalue weighted by atomic mass is 16.5. The summed E-state index contributed by atoms with van der Waals surface area (Å²) >= 11 is 0. The molecule has 3 rings (SSSR count). The number of rotatable bonds is 6. The minimum absolute atomic E-state index is 0.00277. The van der Waals surface area contributed by atoms with Gasteiger partial charge in [-0.3, -0.25) is 9.59 Å². The van der Waals surface area contributed by atoms with Gasteiger partial charge in [-0.15, -0.1) is 0 Å². The van der Waals surface area contributed by atoms with E-state index in [1.165, 1.54) is 5.56 Å². The molecule has 0 bridgehead atoms. The molecular formula is C26H34N2O4. The molecule has 0 saturated carbocycles. The zero-order valence-electron chi connectivity index (χ0n) is 19.6. The van der Waals surface area contributed by atoms with Crippen LogP contribution in [0.25, 0.3) is 0 Å². The lowest BCUT2D eigenvalue weighted by Gasteiger charge is -2.25. The lowest BCUT2D eigenvalue weighted by molar-refractivity contribution is -0.135. The van der Waals surface area contributed by atoms with E-state index in [2.05, 4.69) is 33.8 Å². The molecule has 0 radical (unpaired) electrons. The Balaban J connectivity index is 1.51. The van der Waals surface area contributed by atoms with E-state index < -0.39 is 0 Å². The molecule has 0 spiro atoms. The highest BCUT2D eigenvalue weighted by molar-refractivity contribution is 5.79. The number of hydrogen-bond acceptors (Lipinski definition) is 4. The summed E-state index contributed by atoms with van der Waals surface area (Å²) in [6.07, 6.45) is 0.737. The Morgan fingerprint density at radius 2 is 1.44 bits per heavy atom. The van der Waals surface area contributed by atoms with Crippen LogP contribution < -0.4 is 9.47 Å². The molecule has 1 aliphatic heterocycles. The fourth-order valence-corrected chi connectivity index (χ4v) is 3.76. The fraction of sp³-hybridized carbons (Fsp3) is 0.462. The Hall–Kier alpha value is -3.02. The Morgan fingerprint density at radius 1 is 0.844 bits per heavy atom. The number of para-hydroxylation sites is 1. The normalized spacial score (nSPS) is 14.6. The van der Waals surface area contributed by atoms with E-state index in [-0.39, 0.29) is 30.4 Å². The Morgan fingerprint density at radius 3 is 2.03 bits per heavy atom. The average Bonchev–Trinajstić information content (AvgIpc) is 3.03. The third-order valence-electron chi connectivity index (χ3n) is 5.60. The van der Waals surface area contributed by atoms with Crippen LogP contribution in [0, 0.1) is 6.92 Å². The first-order valence-corrected chi connectivity index (χ1v) is 11.2. The van der Waals surface area contributed by atoms with Gasteiger partial charge in [0.25, 0.3) is 11.8 Å². The van der Waals surface area contributed by atoms with E-state index in [0.29, 0.717) is 31.9 Å². The Bertz CT molecular complexity index is 921. The maximum Gasteiger partial charge on any atom is 0.260 e. The van der Waals surface area contributed by atoms with E-state index in [1.54, 1.807) is 9.80 Å². The molecule has 2 amide bonds. The molecule has 1 heterocycles. The minimum atomic E-state index is -0.0737. The number of carbonyl (C=O) groups excluding carboxylic acids is 2. The zero-order chi connectivity index (χ0) is 23.1. The van der Waals surface area contributed by atoms with Gasteiger partial charge in [0, 0.05) is 26.2 Å². The molecule has 1 saturated heterocycles. The first kappa shape index (κ1) is 23.6. The quantitative estimate of drug-likeness (QED) is 0.688. The van der Waals surface area contributed by atoms with Gasteiger partial charge in [-0.05, 0) is 42.5 Å². The molecular weight excluding hydrogens is 404 g/mol. The van der Waals surface area contributed by atoms with E-state index in [0.717, 1.165) is 17.7 Å². The lowest BCUT2D eigenvalue weighted by Crippen LogP contribution is -2.40. The maximum atomic E-state index is 12.8. The number of hydrogen-bond donors (Lipinski definition) is 0. The molecule has 6 heteroatoms. The predicted octanol–water partition coefficient (Wildman–Crippen LogP) is 3.81. The van der Waals surface area contributed by atoms with Crippen molar-refractivity contribution < 1.29 is 19.1 Å². The van der Waals surface area contributed by atoms with Gasteiger partial charge in [0.2, 0.25) is 0 Å². The fourth-order valence-electron chi connectivity index (χ4n) is 3.76. The summed E-state index contributed by atoms with van der Waals surface area (Å²) in [5, 5.41) is 0. The second-order valence-corrected chi connectivity index (χ2v) is 9.26. The highest BCUT2D eigenvalue weighted by Crippen LogP contribution is 2.32. The third-order valence-corrected chi connectivity index (χ3v) is 5.60. The smallest absolute Gasteiger partial charge is 0.260 e. The molecule has 0 unspecified atom stereocenters. The molecule has 32 heavy (non-hydrogen) atoms. The molecule has 172 valence electrons. The summed E-state index contributed by atoms with van der Waals surface area (Å²) in [7, 11) is 0. The van der Waals surface area contributed by atoms with Gasteiger partial charge in [0.1, 0.15) is 11.5 Å². The van der Waals surface area contributed by atoms with Crippen LogP contribution in [0.15, 0.2) is 48.5 Å². The van der Waals surface area contributed by atoms with Gasteiger partial charge < -0.3 is 19.3 Å². The van der Waals surface area contributed by atoms with E-state index in [9.17, 15) is 9.59 Å². The monoisotopic (exact) mass is 438 g/mol. The Kier molecular flexibility index (Phi) is 7.78. The van der Waals surface area contributed by atoms with Crippen molar-refractivity contribution in [3.63, 3.8) is 0 Å². The third kappa shape index (κ3) is 6.49. The van der Waals surface area contributed by atoms with Crippen molar-refractivity contribution in [1.29, 1.82) is 0 Å². The van der Waals surface area contributed by atoms with Crippen molar-refractivity contribution in [1.82, 2.24) is 9.80 Å². The van der Waals surface area contributed by atoms with E-state index >= 15 is 0 Å². The largest absolute Gasteiger partial charge is 0.484 e. The number of benzene rings is 2. The summed E-state index contributed by atoms with van der Waals surface area (Å²) < 4.78 is 11.5. The van der Waals surface area contributed by atoms with Crippen LogP contribution in [0.1, 0.15) is 38.3 Å². The van der Waals surface area contributed by atoms with Crippen LogP contribution in [-0.4, -0.2) is 61.0 Å². The summed E-state index contributed by atoms with van der Waals surface area (Å²) in [6.45, 7) is 10.7. The zero-order valence-corrected chi connectivity index (χ0v) is 19.6. The van der Waals surface area contributed by atoms with Crippen LogP contribution >= 0.6 is 0 Å². The number of aryl methyl sites for hydroxylation is 1. The van der Waals surface area contributed by atoms with Crippen LogP contribution in [0.5, 0.6) is 11.5 Å².